The number of benzene rings is 1. The SMILES string of the molecule is CC.N#Cc1cc(Br)ccc1CBr. The van der Waals surface area contributed by atoms with Crippen LogP contribution in [0.3, 0.4) is 0 Å². The van der Waals surface area contributed by atoms with Crippen LogP contribution < -0.4 is 0 Å². The van der Waals surface area contributed by atoms with Gasteiger partial charge in [-0.25, -0.2) is 0 Å². The zero-order valence-electron chi connectivity index (χ0n) is 7.64. The van der Waals surface area contributed by atoms with Gasteiger partial charge in [0.1, 0.15) is 0 Å². The summed E-state index contributed by atoms with van der Waals surface area (Å²) in [6, 6.07) is 7.80. The number of hydrogen-bond donors (Lipinski definition) is 0. The summed E-state index contributed by atoms with van der Waals surface area (Å²) in [6.45, 7) is 4.00. The van der Waals surface area contributed by atoms with Gasteiger partial charge in [0, 0.05) is 9.80 Å². The molecule has 0 fully saturated rings. The normalized spacial score (nSPS) is 8.23. The first-order chi connectivity index (χ1) is 6.27. The van der Waals surface area contributed by atoms with Crippen molar-refractivity contribution in [2.45, 2.75) is 19.2 Å². The van der Waals surface area contributed by atoms with E-state index in [4.69, 9.17) is 5.26 Å². The van der Waals surface area contributed by atoms with Crippen molar-refractivity contribution in [2.75, 3.05) is 0 Å². The Morgan fingerprint density at radius 3 is 2.46 bits per heavy atom. The summed E-state index contributed by atoms with van der Waals surface area (Å²) in [4.78, 5) is 0. The van der Waals surface area contributed by atoms with Gasteiger partial charge >= 0.3 is 0 Å². The first-order valence-electron chi connectivity index (χ1n) is 4.02. The molecule has 0 atom stereocenters. The van der Waals surface area contributed by atoms with Crippen molar-refractivity contribution in [3.05, 3.63) is 33.8 Å². The van der Waals surface area contributed by atoms with Crippen molar-refractivity contribution in [2.24, 2.45) is 0 Å². The zero-order chi connectivity index (χ0) is 10.3. The predicted octanol–water partition coefficient (Wildman–Crippen LogP) is 4.24. The molecular formula is C10H11Br2N. The minimum atomic E-state index is 0.719. The third-order valence-electron chi connectivity index (χ3n) is 1.34. The molecule has 0 radical (unpaired) electrons. The maximum atomic E-state index is 8.68. The number of hydrogen-bond acceptors (Lipinski definition) is 1. The molecule has 0 N–H and O–H groups in total. The van der Waals surface area contributed by atoms with Crippen LogP contribution in [0.15, 0.2) is 22.7 Å². The molecule has 3 heteroatoms. The highest BCUT2D eigenvalue weighted by molar-refractivity contribution is 9.10. The van der Waals surface area contributed by atoms with Crippen LogP contribution in [-0.4, -0.2) is 0 Å². The molecule has 1 nitrogen and oxygen atoms in total. The zero-order valence-corrected chi connectivity index (χ0v) is 10.8. The number of nitriles is 1. The lowest BCUT2D eigenvalue weighted by atomic mass is 10.1. The van der Waals surface area contributed by atoms with Crippen LogP contribution >= 0.6 is 31.9 Å². The van der Waals surface area contributed by atoms with Crippen molar-refractivity contribution in [1.82, 2.24) is 0 Å². The minimum Gasteiger partial charge on any atom is -0.192 e. The molecule has 0 aliphatic heterocycles. The standard InChI is InChI=1S/C8H5Br2N.C2H6/c9-4-6-1-2-8(10)3-7(6)5-11;1-2/h1-3H,4H2;1-2H3. The van der Waals surface area contributed by atoms with E-state index in [9.17, 15) is 0 Å². The van der Waals surface area contributed by atoms with Crippen molar-refractivity contribution in [3.63, 3.8) is 0 Å². The number of nitrogens with zero attached hydrogens (tertiary/aromatic N) is 1. The third kappa shape index (κ3) is 3.93. The maximum Gasteiger partial charge on any atom is 0.0995 e. The van der Waals surface area contributed by atoms with Gasteiger partial charge in [-0.15, -0.1) is 0 Å². The Kier molecular flexibility index (Phi) is 6.93. The average Bonchev–Trinajstić information content (AvgIpc) is 2.20. The lowest BCUT2D eigenvalue weighted by molar-refractivity contribution is 1.36. The molecule has 0 heterocycles. The smallest absolute Gasteiger partial charge is 0.0995 e. The van der Waals surface area contributed by atoms with Gasteiger partial charge < -0.3 is 0 Å². The Morgan fingerprint density at radius 2 is 2.00 bits per heavy atom. The van der Waals surface area contributed by atoms with Gasteiger partial charge in [-0.1, -0.05) is 51.8 Å². The van der Waals surface area contributed by atoms with E-state index < -0.39 is 0 Å². The predicted molar refractivity (Wildman–Crippen MR) is 62.8 cm³/mol. The van der Waals surface area contributed by atoms with Crippen molar-refractivity contribution < 1.29 is 0 Å². The molecule has 0 aromatic heterocycles. The fourth-order valence-electron chi connectivity index (χ4n) is 0.769. The molecule has 0 bridgehead atoms. The van der Waals surface area contributed by atoms with E-state index in [1.54, 1.807) is 0 Å². The topological polar surface area (TPSA) is 23.8 Å². The minimum absolute atomic E-state index is 0.719. The largest absolute Gasteiger partial charge is 0.192 e. The molecule has 70 valence electrons. The molecule has 0 amide bonds. The second-order valence-electron chi connectivity index (χ2n) is 2.05. The molecule has 0 aliphatic carbocycles. The molecule has 0 aliphatic rings. The van der Waals surface area contributed by atoms with Gasteiger partial charge in [-0.05, 0) is 17.7 Å². The summed E-state index contributed by atoms with van der Waals surface area (Å²) in [5.41, 5.74) is 1.74. The molecule has 0 unspecified atom stereocenters. The van der Waals surface area contributed by atoms with Crippen molar-refractivity contribution in [3.8, 4) is 6.07 Å². The summed E-state index contributed by atoms with van der Waals surface area (Å²) >= 11 is 6.61. The summed E-state index contributed by atoms with van der Waals surface area (Å²) in [7, 11) is 0. The number of alkyl halides is 1. The second-order valence-corrected chi connectivity index (χ2v) is 3.52. The Bertz CT molecular complexity index is 302. The highest BCUT2D eigenvalue weighted by Crippen LogP contribution is 2.17. The molecule has 1 aromatic carbocycles. The van der Waals surface area contributed by atoms with E-state index in [1.165, 1.54) is 0 Å². The van der Waals surface area contributed by atoms with Gasteiger partial charge in [-0.2, -0.15) is 5.26 Å². The van der Waals surface area contributed by atoms with E-state index >= 15 is 0 Å². The summed E-state index contributed by atoms with van der Waals surface area (Å²) in [5.74, 6) is 0. The van der Waals surface area contributed by atoms with Gasteiger partial charge in [0.05, 0.1) is 11.6 Å². The van der Waals surface area contributed by atoms with Crippen LogP contribution in [0.2, 0.25) is 0 Å². The van der Waals surface area contributed by atoms with E-state index in [1.807, 2.05) is 32.0 Å². The van der Waals surface area contributed by atoms with Crippen LogP contribution in [0.5, 0.6) is 0 Å². The monoisotopic (exact) mass is 303 g/mol. The summed E-state index contributed by atoms with van der Waals surface area (Å²) in [5, 5.41) is 9.41. The van der Waals surface area contributed by atoms with Crippen molar-refractivity contribution >= 4 is 31.9 Å². The molecular weight excluding hydrogens is 294 g/mol. The number of halogens is 2. The summed E-state index contributed by atoms with van der Waals surface area (Å²) < 4.78 is 0.943. The number of rotatable bonds is 1. The fraction of sp³-hybridized carbons (Fsp3) is 0.300. The van der Waals surface area contributed by atoms with E-state index in [2.05, 4.69) is 37.9 Å². The Morgan fingerprint density at radius 1 is 1.38 bits per heavy atom. The van der Waals surface area contributed by atoms with Crippen LogP contribution in [-0.2, 0) is 5.33 Å². The summed E-state index contributed by atoms with van der Waals surface area (Å²) in [6.07, 6.45) is 0. The van der Waals surface area contributed by atoms with Gasteiger partial charge in [0.2, 0.25) is 0 Å². The highest BCUT2D eigenvalue weighted by atomic mass is 79.9. The first kappa shape index (κ1) is 12.7. The molecule has 1 rings (SSSR count). The van der Waals surface area contributed by atoms with Crippen LogP contribution in [0, 0.1) is 11.3 Å². The van der Waals surface area contributed by atoms with Crippen LogP contribution in [0.1, 0.15) is 25.0 Å². The molecule has 0 spiro atoms. The average molecular weight is 305 g/mol. The Labute approximate surface area is 96.0 Å². The lowest BCUT2D eigenvalue weighted by Crippen LogP contribution is -1.84. The Hall–Kier alpha value is -0.330. The third-order valence-corrected chi connectivity index (χ3v) is 2.43. The first-order valence-corrected chi connectivity index (χ1v) is 5.94. The van der Waals surface area contributed by atoms with E-state index in [0.717, 1.165) is 20.9 Å². The molecule has 13 heavy (non-hydrogen) atoms. The van der Waals surface area contributed by atoms with Gasteiger partial charge in [-0.3, -0.25) is 0 Å². The van der Waals surface area contributed by atoms with E-state index in [-0.39, 0.29) is 0 Å². The quantitative estimate of drug-likeness (QED) is 0.712. The fourth-order valence-corrected chi connectivity index (χ4v) is 1.62. The second kappa shape index (κ2) is 7.11. The Balaban J connectivity index is 0.000000671. The van der Waals surface area contributed by atoms with Crippen LogP contribution in [0.4, 0.5) is 0 Å². The van der Waals surface area contributed by atoms with Gasteiger partial charge in [0.15, 0.2) is 0 Å². The lowest BCUT2D eigenvalue weighted by Gasteiger charge is -1.98. The maximum absolute atomic E-state index is 8.68. The molecule has 0 saturated carbocycles. The van der Waals surface area contributed by atoms with Crippen LogP contribution in [0.25, 0.3) is 0 Å². The van der Waals surface area contributed by atoms with Gasteiger partial charge in [0.25, 0.3) is 0 Å². The highest BCUT2D eigenvalue weighted by Gasteiger charge is 1.99. The van der Waals surface area contributed by atoms with E-state index in [0.29, 0.717) is 0 Å². The van der Waals surface area contributed by atoms with Crippen molar-refractivity contribution in [1.29, 1.82) is 5.26 Å². The molecule has 1 aromatic rings. The molecule has 0 saturated heterocycles.